The molecule has 0 aromatic rings. The number of piperazine rings is 1. The third-order valence-corrected chi connectivity index (χ3v) is 2.45. The number of carbonyl (C=O) groups is 1. The van der Waals surface area contributed by atoms with Crippen molar-refractivity contribution in [1.29, 1.82) is 0 Å². The van der Waals surface area contributed by atoms with Crippen molar-refractivity contribution in [1.82, 2.24) is 9.80 Å². The number of carbonyl (C=O) groups excluding carboxylic acids is 1. The van der Waals surface area contributed by atoms with Crippen LogP contribution in [0, 0.1) is 0 Å². The van der Waals surface area contributed by atoms with Crippen LogP contribution in [0.1, 0.15) is 13.8 Å². The van der Waals surface area contributed by atoms with Crippen molar-refractivity contribution in [2.24, 2.45) is 4.99 Å². The molecule has 0 aromatic heterocycles. The van der Waals surface area contributed by atoms with Crippen LogP contribution < -0.4 is 0 Å². The van der Waals surface area contributed by atoms with Gasteiger partial charge in [-0.05, 0) is 13.5 Å². The van der Waals surface area contributed by atoms with Gasteiger partial charge in [-0.2, -0.15) is 4.99 Å². The molecular weight excluding hydrogens is 194 g/mol. The quantitative estimate of drug-likeness (QED) is 0.514. The third-order valence-electron chi connectivity index (χ3n) is 2.45. The summed E-state index contributed by atoms with van der Waals surface area (Å²) in [6, 6.07) is 0. The molecule has 0 unspecified atom stereocenters. The molecule has 0 atom stereocenters. The lowest BCUT2D eigenvalue weighted by atomic mass is 10.3. The summed E-state index contributed by atoms with van der Waals surface area (Å²) >= 11 is 0. The molecule has 1 aliphatic rings. The van der Waals surface area contributed by atoms with Gasteiger partial charge in [0.15, 0.2) is 0 Å². The normalized spacial score (nSPS) is 18.4. The molecule has 0 aliphatic carbocycles. The maximum absolute atomic E-state index is 10.9. The van der Waals surface area contributed by atoms with Gasteiger partial charge in [0.1, 0.15) is 0 Å². The Morgan fingerprint density at radius 2 is 2.00 bits per heavy atom. The molecule has 86 valence electrons. The van der Waals surface area contributed by atoms with E-state index in [1.54, 1.807) is 13.3 Å². The first kappa shape index (κ1) is 12.0. The number of likely N-dealkylation sites (N-methyl/N-ethyl adjacent to an activating group) is 1. The van der Waals surface area contributed by atoms with Gasteiger partial charge >= 0.3 is 6.09 Å². The van der Waals surface area contributed by atoms with Gasteiger partial charge in [-0.1, -0.05) is 6.92 Å². The average molecular weight is 213 g/mol. The van der Waals surface area contributed by atoms with E-state index >= 15 is 0 Å². The van der Waals surface area contributed by atoms with Crippen LogP contribution in [0.4, 0.5) is 4.79 Å². The van der Waals surface area contributed by atoms with E-state index in [0.29, 0.717) is 6.61 Å². The summed E-state index contributed by atoms with van der Waals surface area (Å²) in [6.45, 7) is 9.31. The molecule has 0 bridgehead atoms. The fraction of sp³-hybridized carbons (Fsp3) is 0.800. The molecule has 15 heavy (non-hydrogen) atoms. The lowest BCUT2D eigenvalue weighted by Gasteiger charge is -2.32. The topological polar surface area (TPSA) is 45.1 Å². The van der Waals surface area contributed by atoms with E-state index in [0.717, 1.165) is 32.7 Å². The SMILES string of the molecule is CCOC(=O)N=CN1CCN(CC)CC1. The van der Waals surface area contributed by atoms with Crippen LogP contribution in [0.15, 0.2) is 4.99 Å². The van der Waals surface area contributed by atoms with Gasteiger partial charge in [-0.15, -0.1) is 0 Å². The summed E-state index contributed by atoms with van der Waals surface area (Å²) in [5.74, 6) is 0. The summed E-state index contributed by atoms with van der Waals surface area (Å²) < 4.78 is 4.70. The molecule has 5 heteroatoms. The molecule has 0 aromatic carbocycles. The Balaban J connectivity index is 2.26. The predicted octanol–water partition coefficient (Wildman–Crippen LogP) is 0.809. The number of ether oxygens (including phenoxy) is 1. The van der Waals surface area contributed by atoms with Crippen molar-refractivity contribution in [2.45, 2.75) is 13.8 Å². The first-order valence-corrected chi connectivity index (χ1v) is 5.43. The van der Waals surface area contributed by atoms with E-state index in [-0.39, 0.29) is 0 Å². The van der Waals surface area contributed by atoms with E-state index in [4.69, 9.17) is 4.74 Å². The van der Waals surface area contributed by atoms with Gasteiger partial charge in [0.05, 0.1) is 12.9 Å². The minimum absolute atomic E-state index is 0.375. The van der Waals surface area contributed by atoms with Gasteiger partial charge in [0.25, 0.3) is 0 Å². The summed E-state index contributed by atoms with van der Waals surface area (Å²) in [4.78, 5) is 19.1. The Kier molecular flexibility index (Phi) is 5.10. The first-order valence-electron chi connectivity index (χ1n) is 5.43. The zero-order valence-electron chi connectivity index (χ0n) is 9.48. The van der Waals surface area contributed by atoms with Crippen LogP contribution in [0.3, 0.4) is 0 Å². The van der Waals surface area contributed by atoms with Gasteiger partial charge in [0, 0.05) is 26.2 Å². The lowest BCUT2D eigenvalue weighted by molar-refractivity contribution is 0.162. The van der Waals surface area contributed by atoms with Gasteiger partial charge in [-0.3, -0.25) is 0 Å². The van der Waals surface area contributed by atoms with Crippen LogP contribution in [0.5, 0.6) is 0 Å². The van der Waals surface area contributed by atoms with Gasteiger partial charge < -0.3 is 14.5 Å². The van der Waals surface area contributed by atoms with E-state index in [9.17, 15) is 4.79 Å². The Labute approximate surface area is 90.7 Å². The number of amides is 1. The summed E-state index contributed by atoms with van der Waals surface area (Å²) in [6.07, 6.45) is 1.08. The van der Waals surface area contributed by atoms with E-state index < -0.39 is 6.09 Å². The smallest absolute Gasteiger partial charge is 0.434 e. The molecule has 1 heterocycles. The van der Waals surface area contributed by atoms with Crippen LogP contribution in [-0.4, -0.2) is 61.6 Å². The summed E-state index contributed by atoms with van der Waals surface area (Å²) in [5, 5.41) is 0. The largest absolute Gasteiger partial charge is 0.448 e. The second-order valence-corrected chi connectivity index (χ2v) is 3.41. The number of nitrogens with zero attached hydrogens (tertiary/aromatic N) is 3. The number of aliphatic imine (C=N–C) groups is 1. The minimum Gasteiger partial charge on any atom is -0.448 e. The van der Waals surface area contributed by atoms with E-state index in [2.05, 4.69) is 16.8 Å². The second kappa shape index (κ2) is 6.40. The summed E-state index contributed by atoms with van der Waals surface area (Å²) in [7, 11) is 0. The van der Waals surface area contributed by atoms with Crippen LogP contribution in [0.2, 0.25) is 0 Å². The Morgan fingerprint density at radius 3 is 2.53 bits per heavy atom. The highest BCUT2D eigenvalue weighted by molar-refractivity contribution is 5.78. The van der Waals surface area contributed by atoms with Crippen molar-refractivity contribution < 1.29 is 9.53 Å². The highest BCUT2D eigenvalue weighted by Gasteiger charge is 2.12. The molecule has 0 radical (unpaired) electrons. The highest BCUT2D eigenvalue weighted by atomic mass is 16.5. The third kappa shape index (κ3) is 4.29. The van der Waals surface area contributed by atoms with Crippen molar-refractivity contribution in [3.8, 4) is 0 Å². The number of rotatable bonds is 3. The minimum atomic E-state index is -0.504. The van der Waals surface area contributed by atoms with Crippen molar-refractivity contribution in [3.05, 3.63) is 0 Å². The molecule has 5 nitrogen and oxygen atoms in total. The fourth-order valence-electron chi connectivity index (χ4n) is 1.48. The highest BCUT2D eigenvalue weighted by Crippen LogP contribution is 1.98. The molecule has 1 saturated heterocycles. The average Bonchev–Trinajstić information content (AvgIpc) is 2.27. The maximum atomic E-state index is 10.9. The fourth-order valence-corrected chi connectivity index (χ4v) is 1.48. The number of hydrogen-bond donors (Lipinski definition) is 0. The predicted molar refractivity (Wildman–Crippen MR) is 59.2 cm³/mol. The zero-order valence-corrected chi connectivity index (χ0v) is 9.48. The molecule has 0 spiro atoms. The Hall–Kier alpha value is -1.10. The van der Waals surface area contributed by atoms with Crippen molar-refractivity contribution in [2.75, 3.05) is 39.3 Å². The van der Waals surface area contributed by atoms with Crippen LogP contribution in [0.25, 0.3) is 0 Å². The summed E-state index contributed by atoms with van der Waals surface area (Å²) in [5.41, 5.74) is 0. The van der Waals surface area contributed by atoms with Crippen LogP contribution >= 0.6 is 0 Å². The van der Waals surface area contributed by atoms with Gasteiger partial charge in [0.2, 0.25) is 0 Å². The monoisotopic (exact) mass is 213 g/mol. The first-order chi connectivity index (χ1) is 7.26. The molecule has 1 amide bonds. The Morgan fingerprint density at radius 1 is 1.33 bits per heavy atom. The molecule has 1 fully saturated rings. The van der Waals surface area contributed by atoms with Crippen molar-refractivity contribution in [3.63, 3.8) is 0 Å². The molecular formula is C10H19N3O2. The van der Waals surface area contributed by atoms with Crippen LogP contribution in [-0.2, 0) is 4.74 Å². The van der Waals surface area contributed by atoms with Gasteiger partial charge in [-0.25, -0.2) is 4.79 Å². The van der Waals surface area contributed by atoms with Crippen molar-refractivity contribution >= 4 is 12.4 Å². The standard InChI is InChI=1S/C10H19N3O2/c1-3-12-5-7-13(8-6-12)9-11-10(14)15-4-2/h9H,3-8H2,1-2H3. The lowest BCUT2D eigenvalue weighted by Crippen LogP contribution is -2.45. The Bertz CT molecular complexity index is 223. The second-order valence-electron chi connectivity index (χ2n) is 3.41. The molecule has 0 saturated carbocycles. The molecule has 1 rings (SSSR count). The maximum Gasteiger partial charge on any atom is 0.434 e. The van der Waals surface area contributed by atoms with E-state index in [1.165, 1.54) is 0 Å². The zero-order chi connectivity index (χ0) is 11.1. The number of hydrogen-bond acceptors (Lipinski definition) is 3. The molecule has 0 N–H and O–H groups in total. The van der Waals surface area contributed by atoms with E-state index in [1.807, 2.05) is 4.90 Å². The molecule has 1 aliphatic heterocycles.